The first kappa shape index (κ1) is 16.0. The highest BCUT2D eigenvalue weighted by molar-refractivity contribution is 5.79. The van der Waals surface area contributed by atoms with Crippen LogP contribution in [0.15, 0.2) is 30.3 Å². The van der Waals surface area contributed by atoms with Crippen molar-refractivity contribution in [3.05, 3.63) is 41.6 Å². The lowest BCUT2D eigenvalue weighted by atomic mass is 9.82. The van der Waals surface area contributed by atoms with Gasteiger partial charge >= 0.3 is 0 Å². The number of aromatic nitrogens is 1. The molecule has 0 saturated heterocycles. The first-order valence-electron chi connectivity index (χ1n) is 7.87. The van der Waals surface area contributed by atoms with E-state index in [0.717, 1.165) is 17.6 Å². The van der Waals surface area contributed by atoms with Crippen molar-refractivity contribution < 1.29 is 0 Å². The van der Waals surface area contributed by atoms with Gasteiger partial charge in [0.1, 0.15) is 0 Å². The lowest BCUT2D eigenvalue weighted by Crippen LogP contribution is -2.18. The quantitative estimate of drug-likeness (QED) is 0.857. The van der Waals surface area contributed by atoms with E-state index >= 15 is 0 Å². The molecule has 0 aliphatic rings. The van der Waals surface area contributed by atoms with Crippen LogP contribution in [0.4, 0.5) is 0 Å². The smallest absolute Gasteiger partial charge is 0.0705 e. The maximum absolute atomic E-state index is 6.42. The van der Waals surface area contributed by atoms with Crippen molar-refractivity contribution in [3.8, 4) is 0 Å². The van der Waals surface area contributed by atoms with Gasteiger partial charge in [0.15, 0.2) is 0 Å². The molecule has 0 spiro atoms. The van der Waals surface area contributed by atoms with Crippen LogP contribution in [0.25, 0.3) is 10.9 Å². The van der Waals surface area contributed by atoms with Crippen molar-refractivity contribution in [1.29, 1.82) is 0 Å². The van der Waals surface area contributed by atoms with Gasteiger partial charge in [-0.05, 0) is 54.9 Å². The third-order valence-corrected chi connectivity index (χ3v) is 3.90. The lowest BCUT2D eigenvalue weighted by Gasteiger charge is -2.25. The molecule has 1 heterocycles. The van der Waals surface area contributed by atoms with Crippen LogP contribution in [0.2, 0.25) is 0 Å². The van der Waals surface area contributed by atoms with Crippen LogP contribution in [-0.2, 0) is 0 Å². The van der Waals surface area contributed by atoms with E-state index in [1.165, 1.54) is 17.4 Å². The standard InChI is InChI=1S/C19H28N2/c1-13(12-19(3,4)5)10-17(20)15-8-9-18-16(11-15)7-6-14(2)21-18/h6-9,11,13,17H,10,12,20H2,1-5H3. The molecule has 2 atom stereocenters. The van der Waals surface area contributed by atoms with E-state index in [-0.39, 0.29) is 6.04 Å². The molecule has 21 heavy (non-hydrogen) atoms. The molecule has 2 rings (SSSR count). The summed E-state index contributed by atoms with van der Waals surface area (Å²) >= 11 is 0. The van der Waals surface area contributed by atoms with Gasteiger partial charge in [-0.25, -0.2) is 0 Å². The van der Waals surface area contributed by atoms with Crippen LogP contribution in [0.3, 0.4) is 0 Å². The van der Waals surface area contributed by atoms with E-state index in [9.17, 15) is 0 Å². The molecular formula is C19H28N2. The second-order valence-electron chi connectivity index (χ2n) is 7.62. The molecule has 2 nitrogen and oxygen atoms in total. The van der Waals surface area contributed by atoms with Crippen LogP contribution in [-0.4, -0.2) is 4.98 Å². The molecule has 0 saturated carbocycles. The second kappa shape index (κ2) is 6.15. The van der Waals surface area contributed by atoms with Crippen LogP contribution in [0.1, 0.15) is 57.8 Å². The molecular weight excluding hydrogens is 256 g/mol. The maximum Gasteiger partial charge on any atom is 0.0705 e. The van der Waals surface area contributed by atoms with Gasteiger partial charge < -0.3 is 5.73 Å². The molecule has 0 radical (unpaired) electrons. The van der Waals surface area contributed by atoms with Crippen LogP contribution >= 0.6 is 0 Å². The fourth-order valence-electron chi connectivity index (χ4n) is 3.17. The Morgan fingerprint density at radius 2 is 1.86 bits per heavy atom. The van der Waals surface area contributed by atoms with Gasteiger partial charge in [0.25, 0.3) is 0 Å². The topological polar surface area (TPSA) is 38.9 Å². The maximum atomic E-state index is 6.42. The summed E-state index contributed by atoms with van der Waals surface area (Å²) in [6.07, 6.45) is 2.23. The summed E-state index contributed by atoms with van der Waals surface area (Å²) < 4.78 is 0. The highest BCUT2D eigenvalue weighted by Crippen LogP contribution is 2.30. The summed E-state index contributed by atoms with van der Waals surface area (Å²) in [5, 5.41) is 1.18. The highest BCUT2D eigenvalue weighted by atomic mass is 14.7. The largest absolute Gasteiger partial charge is 0.324 e. The van der Waals surface area contributed by atoms with Crippen LogP contribution < -0.4 is 5.73 Å². The van der Waals surface area contributed by atoms with Crippen molar-refractivity contribution in [2.45, 2.75) is 53.5 Å². The van der Waals surface area contributed by atoms with Gasteiger partial charge in [-0.15, -0.1) is 0 Å². The van der Waals surface area contributed by atoms with E-state index in [1.54, 1.807) is 0 Å². The first-order valence-corrected chi connectivity index (χ1v) is 7.87. The van der Waals surface area contributed by atoms with Crippen LogP contribution in [0.5, 0.6) is 0 Å². The van der Waals surface area contributed by atoms with Crippen molar-refractivity contribution in [3.63, 3.8) is 0 Å². The molecule has 2 N–H and O–H groups in total. The van der Waals surface area contributed by atoms with Crippen LogP contribution in [0, 0.1) is 18.3 Å². The minimum absolute atomic E-state index is 0.105. The Balaban J connectivity index is 2.12. The molecule has 0 aliphatic heterocycles. The zero-order valence-electron chi connectivity index (χ0n) is 14.0. The Hall–Kier alpha value is -1.41. The van der Waals surface area contributed by atoms with Crippen molar-refractivity contribution in [2.24, 2.45) is 17.1 Å². The highest BCUT2D eigenvalue weighted by Gasteiger charge is 2.18. The van der Waals surface area contributed by atoms with Gasteiger partial charge in [0.05, 0.1) is 5.52 Å². The third kappa shape index (κ3) is 4.53. The lowest BCUT2D eigenvalue weighted by molar-refractivity contribution is 0.286. The number of hydrogen-bond acceptors (Lipinski definition) is 2. The second-order valence-corrected chi connectivity index (χ2v) is 7.62. The third-order valence-electron chi connectivity index (χ3n) is 3.90. The Labute approximate surface area is 128 Å². The Bertz CT molecular complexity index is 610. The minimum atomic E-state index is 0.105. The van der Waals surface area contributed by atoms with E-state index in [0.29, 0.717) is 11.3 Å². The molecule has 1 aromatic carbocycles. The molecule has 114 valence electrons. The molecule has 2 aromatic rings. The average molecular weight is 284 g/mol. The number of fused-ring (bicyclic) bond motifs is 1. The summed E-state index contributed by atoms with van der Waals surface area (Å²) in [4.78, 5) is 4.54. The van der Waals surface area contributed by atoms with Gasteiger partial charge in [0, 0.05) is 17.1 Å². The average Bonchev–Trinajstić information content (AvgIpc) is 2.35. The van der Waals surface area contributed by atoms with Crippen molar-refractivity contribution >= 4 is 10.9 Å². The predicted molar refractivity (Wildman–Crippen MR) is 91.3 cm³/mol. The van der Waals surface area contributed by atoms with E-state index in [2.05, 4.69) is 63.0 Å². The SMILES string of the molecule is Cc1ccc2cc(C(N)CC(C)CC(C)(C)C)ccc2n1. The van der Waals surface area contributed by atoms with Gasteiger partial charge in [-0.1, -0.05) is 39.8 Å². The molecule has 0 fully saturated rings. The van der Waals surface area contributed by atoms with E-state index < -0.39 is 0 Å². The fraction of sp³-hybridized carbons (Fsp3) is 0.526. The zero-order valence-corrected chi connectivity index (χ0v) is 14.0. The predicted octanol–water partition coefficient (Wildman–Crippen LogP) is 5.01. The Morgan fingerprint density at radius 1 is 1.14 bits per heavy atom. The molecule has 0 aliphatic carbocycles. The van der Waals surface area contributed by atoms with E-state index in [4.69, 9.17) is 5.73 Å². The van der Waals surface area contributed by atoms with Crippen molar-refractivity contribution in [2.75, 3.05) is 0 Å². The first-order chi connectivity index (χ1) is 9.74. The number of benzene rings is 1. The summed E-state index contributed by atoms with van der Waals surface area (Å²) in [5.41, 5.74) is 10.1. The minimum Gasteiger partial charge on any atom is -0.324 e. The van der Waals surface area contributed by atoms with Gasteiger partial charge in [0.2, 0.25) is 0 Å². The number of rotatable bonds is 4. The number of nitrogens with zero attached hydrogens (tertiary/aromatic N) is 1. The summed E-state index contributed by atoms with van der Waals surface area (Å²) in [5.74, 6) is 0.631. The Kier molecular flexibility index (Phi) is 4.67. The summed E-state index contributed by atoms with van der Waals surface area (Å²) in [7, 11) is 0. The molecule has 2 heteroatoms. The normalized spacial score (nSPS) is 15.1. The zero-order chi connectivity index (χ0) is 15.6. The number of nitrogens with two attached hydrogens (primary N) is 1. The molecule has 2 unspecified atom stereocenters. The molecule has 0 amide bonds. The number of hydrogen-bond donors (Lipinski definition) is 1. The summed E-state index contributed by atoms with van der Waals surface area (Å²) in [6, 6.07) is 10.7. The molecule has 1 aromatic heterocycles. The number of aryl methyl sites for hydroxylation is 1. The fourth-order valence-corrected chi connectivity index (χ4v) is 3.17. The van der Waals surface area contributed by atoms with Gasteiger partial charge in [-0.2, -0.15) is 0 Å². The van der Waals surface area contributed by atoms with Gasteiger partial charge in [-0.3, -0.25) is 4.98 Å². The van der Waals surface area contributed by atoms with Crippen molar-refractivity contribution in [1.82, 2.24) is 4.98 Å². The summed E-state index contributed by atoms with van der Waals surface area (Å²) in [6.45, 7) is 11.2. The van der Waals surface area contributed by atoms with E-state index in [1.807, 2.05) is 6.92 Å². The Morgan fingerprint density at radius 3 is 2.52 bits per heavy atom. The molecule has 0 bridgehead atoms. The monoisotopic (exact) mass is 284 g/mol. The number of pyridine rings is 1.